The van der Waals surface area contributed by atoms with Crippen LogP contribution in [0.15, 0.2) is 77.8 Å². The minimum atomic E-state index is -3.63. The van der Waals surface area contributed by atoms with Crippen LogP contribution in [0.25, 0.3) is 10.9 Å². The number of fused-ring (bicyclic) bond motifs is 1. The van der Waals surface area contributed by atoms with E-state index in [1.807, 2.05) is 44.2 Å². The predicted molar refractivity (Wildman–Crippen MR) is 129 cm³/mol. The highest BCUT2D eigenvalue weighted by Gasteiger charge is 2.23. The number of halogens is 1. The monoisotopic (exact) mass is 466 g/mol. The lowest BCUT2D eigenvalue weighted by Crippen LogP contribution is -2.18. The maximum Gasteiger partial charge on any atom is 0.244 e. The van der Waals surface area contributed by atoms with E-state index in [1.165, 1.54) is 0 Å². The van der Waals surface area contributed by atoms with E-state index in [9.17, 15) is 13.2 Å². The van der Waals surface area contributed by atoms with Crippen molar-refractivity contribution in [3.63, 3.8) is 0 Å². The summed E-state index contributed by atoms with van der Waals surface area (Å²) in [4.78, 5) is 12.9. The highest BCUT2D eigenvalue weighted by molar-refractivity contribution is 7.90. The van der Waals surface area contributed by atoms with E-state index in [-0.39, 0.29) is 23.1 Å². The molecule has 5 nitrogen and oxygen atoms in total. The molecule has 0 saturated carbocycles. The number of benzene rings is 3. The van der Waals surface area contributed by atoms with Gasteiger partial charge in [0, 0.05) is 17.1 Å². The second kappa shape index (κ2) is 8.81. The maximum atomic E-state index is 13.4. The van der Waals surface area contributed by atoms with Crippen LogP contribution in [0.2, 0.25) is 5.02 Å². The van der Waals surface area contributed by atoms with Gasteiger partial charge in [0.25, 0.3) is 0 Å². The molecule has 0 aliphatic heterocycles. The van der Waals surface area contributed by atoms with Gasteiger partial charge < -0.3 is 9.88 Å². The Kier molecular flexibility index (Phi) is 6.09. The van der Waals surface area contributed by atoms with Crippen molar-refractivity contribution in [3.8, 4) is 0 Å². The number of carbonyl (C=O) groups excluding carboxylic acids is 1. The third-order valence-electron chi connectivity index (χ3n) is 5.40. The summed E-state index contributed by atoms with van der Waals surface area (Å²) in [7, 11) is -3.63. The van der Waals surface area contributed by atoms with Crippen LogP contribution in [0.4, 0.5) is 5.69 Å². The quantitative estimate of drug-likeness (QED) is 0.406. The standard InChI is InChI=1S/C25H23ClN2O3S/c1-17-11-12-18(2)19(13-17)16-32(30,31)24-14-28(23-10-6-3-7-20(23)24)15-25(29)27-22-9-5-4-8-21(22)26/h3-14H,15-16H2,1-2H3,(H,27,29). The van der Waals surface area contributed by atoms with Crippen LogP contribution >= 0.6 is 11.6 Å². The average Bonchev–Trinajstić information content (AvgIpc) is 3.12. The highest BCUT2D eigenvalue weighted by Crippen LogP contribution is 2.29. The number of aryl methyl sites for hydroxylation is 2. The number of anilines is 1. The third-order valence-corrected chi connectivity index (χ3v) is 7.42. The molecular formula is C25H23ClN2O3S. The largest absolute Gasteiger partial charge is 0.337 e. The number of para-hydroxylation sites is 2. The van der Waals surface area contributed by atoms with Crippen molar-refractivity contribution < 1.29 is 13.2 Å². The van der Waals surface area contributed by atoms with Crippen molar-refractivity contribution >= 4 is 43.9 Å². The maximum absolute atomic E-state index is 13.4. The molecule has 0 fully saturated rings. The number of sulfone groups is 1. The van der Waals surface area contributed by atoms with Crippen molar-refractivity contribution in [3.05, 3.63) is 94.6 Å². The summed E-state index contributed by atoms with van der Waals surface area (Å²) >= 11 is 6.13. The lowest BCUT2D eigenvalue weighted by Gasteiger charge is -2.09. The summed E-state index contributed by atoms with van der Waals surface area (Å²) in [5.74, 6) is -0.391. The van der Waals surface area contributed by atoms with Gasteiger partial charge in [-0.15, -0.1) is 0 Å². The number of hydrogen-bond donors (Lipinski definition) is 1. The fraction of sp³-hybridized carbons (Fsp3) is 0.160. The van der Waals surface area contributed by atoms with Crippen LogP contribution in [0.3, 0.4) is 0 Å². The fourth-order valence-electron chi connectivity index (χ4n) is 3.74. The molecule has 164 valence electrons. The molecule has 3 aromatic carbocycles. The molecule has 1 N–H and O–H groups in total. The second-order valence-corrected chi connectivity index (χ2v) is 10.2. The van der Waals surface area contributed by atoms with Gasteiger partial charge in [0.1, 0.15) is 6.54 Å². The molecule has 0 radical (unpaired) electrons. The SMILES string of the molecule is Cc1ccc(C)c(CS(=O)(=O)c2cn(CC(=O)Nc3ccccc3Cl)c3ccccc23)c1. The van der Waals surface area contributed by atoms with E-state index in [0.717, 1.165) is 16.7 Å². The zero-order valence-electron chi connectivity index (χ0n) is 17.8. The lowest BCUT2D eigenvalue weighted by molar-refractivity contribution is -0.116. The van der Waals surface area contributed by atoms with Crippen molar-refractivity contribution in [2.75, 3.05) is 5.32 Å². The molecule has 0 atom stereocenters. The molecule has 1 amide bonds. The van der Waals surface area contributed by atoms with Crippen molar-refractivity contribution in [1.29, 1.82) is 0 Å². The Bertz CT molecular complexity index is 1420. The minimum Gasteiger partial charge on any atom is -0.337 e. The minimum absolute atomic E-state index is 0.0370. The van der Waals surface area contributed by atoms with E-state index in [4.69, 9.17) is 11.6 Å². The van der Waals surface area contributed by atoms with Crippen LogP contribution in [0.1, 0.15) is 16.7 Å². The Morgan fingerprint density at radius 3 is 2.50 bits per heavy atom. The molecule has 1 aromatic heterocycles. The Labute approximate surface area is 192 Å². The van der Waals surface area contributed by atoms with Gasteiger partial charge in [-0.05, 0) is 43.2 Å². The van der Waals surface area contributed by atoms with E-state index in [1.54, 1.807) is 47.2 Å². The van der Waals surface area contributed by atoms with Crippen LogP contribution in [-0.4, -0.2) is 18.9 Å². The zero-order chi connectivity index (χ0) is 22.9. The summed E-state index contributed by atoms with van der Waals surface area (Å²) in [5, 5.41) is 3.82. The van der Waals surface area contributed by atoms with Gasteiger partial charge in [0.15, 0.2) is 9.84 Å². The summed E-state index contributed by atoms with van der Waals surface area (Å²) in [6, 6.07) is 20.0. The molecular weight excluding hydrogens is 444 g/mol. The summed E-state index contributed by atoms with van der Waals surface area (Å²) in [5.41, 5.74) is 3.92. The van der Waals surface area contributed by atoms with Crippen molar-refractivity contribution in [1.82, 2.24) is 4.57 Å². The van der Waals surface area contributed by atoms with Gasteiger partial charge in [-0.3, -0.25) is 4.79 Å². The van der Waals surface area contributed by atoms with Gasteiger partial charge in [-0.2, -0.15) is 0 Å². The van der Waals surface area contributed by atoms with Crippen molar-refractivity contribution in [2.45, 2.75) is 31.0 Å². The fourth-order valence-corrected chi connectivity index (χ4v) is 5.59. The van der Waals surface area contributed by atoms with Crippen LogP contribution in [0, 0.1) is 13.8 Å². The van der Waals surface area contributed by atoms with Crippen LogP contribution in [-0.2, 0) is 26.9 Å². The second-order valence-electron chi connectivity index (χ2n) is 7.86. The third kappa shape index (κ3) is 4.56. The highest BCUT2D eigenvalue weighted by atomic mass is 35.5. The number of amides is 1. The molecule has 4 rings (SSSR count). The molecule has 0 aliphatic rings. The number of nitrogens with zero attached hydrogens (tertiary/aromatic N) is 1. The van der Waals surface area contributed by atoms with Gasteiger partial charge in [-0.1, -0.05) is 65.7 Å². The number of aromatic nitrogens is 1. The molecule has 0 aliphatic carbocycles. The summed E-state index contributed by atoms with van der Waals surface area (Å²) in [6.07, 6.45) is 1.55. The molecule has 0 bridgehead atoms. The molecule has 32 heavy (non-hydrogen) atoms. The number of carbonyl (C=O) groups is 1. The van der Waals surface area contributed by atoms with Gasteiger partial charge in [0.2, 0.25) is 5.91 Å². The summed E-state index contributed by atoms with van der Waals surface area (Å²) in [6.45, 7) is 3.82. The van der Waals surface area contributed by atoms with E-state index in [0.29, 0.717) is 21.6 Å². The molecule has 0 saturated heterocycles. The van der Waals surface area contributed by atoms with Gasteiger partial charge >= 0.3 is 0 Å². The van der Waals surface area contributed by atoms with E-state index >= 15 is 0 Å². The Morgan fingerprint density at radius 2 is 1.72 bits per heavy atom. The Hall–Kier alpha value is -3.09. The Balaban J connectivity index is 1.67. The molecule has 4 aromatic rings. The zero-order valence-corrected chi connectivity index (χ0v) is 19.4. The van der Waals surface area contributed by atoms with Gasteiger partial charge in [-0.25, -0.2) is 8.42 Å². The molecule has 0 spiro atoms. The number of nitrogens with one attached hydrogen (secondary N) is 1. The van der Waals surface area contributed by atoms with E-state index < -0.39 is 9.84 Å². The molecule has 0 unspecified atom stereocenters. The predicted octanol–water partition coefficient (Wildman–Crippen LogP) is 5.52. The van der Waals surface area contributed by atoms with Crippen molar-refractivity contribution in [2.24, 2.45) is 0 Å². The smallest absolute Gasteiger partial charge is 0.244 e. The molecule has 1 heterocycles. The lowest BCUT2D eigenvalue weighted by atomic mass is 10.1. The topological polar surface area (TPSA) is 68.2 Å². The molecule has 7 heteroatoms. The van der Waals surface area contributed by atoms with Crippen LogP contribution < -0.4 is 5.32 Å². The number of rotatable bonds is 6. The first kappa shape index (κ1) is 22.1. The summed E-state index contributed by atoms with van der Waals surface area (Å²) < 4.78 is 28.4. The Morgan fingerprint density at radius 1 is 1.00 bits per heavy atom. The first-order valence-corrected chi connectivity index (χ1v) is 12.2. The first-order valence-electron chi connectivity index (χ1n) is 10.2. The normalized spacial score (nSPS) is 11.6. The average molecular weight is 467 g/mol. The first-order chi connectivity index (χ1) is 15.2. The number of hydrogen-bond acceptors (Lipinski definition) is 3. The van der Waals surface area contributed by atoms with Gasteiger partial charge in [0.05, 0.1) is 21.4 Å². The van der Waals surface area contributed by atoms with Crippen LogP contribution in [0.5, 0.6) is 0 Å². The van der Waals surface area contributed by atoms with E-state index in [2.05, 4.69) is 5.32 Å².